The van der Waals surface area contributed by atoms with E-state index in [2.05, 4.69) is 24.1 Å². The van der Waals surface area contributed by atoms with E-state index in [1.165, 1.54) is 12.1 Å². The number of amides is 1. The first kappa shape index (κ1) is 14.7. The maximum absolute atomic E-state index is 13.2. The van der Waals surface area contributed by atoms with Gasteiger partial charge in [0.05, 0.1) is 17.1 Å². The number of rotatable bonds is 4. The van der Waals surface area contributed by atoms with E-state index in [-0.39, 0.29) is 18.1 Å². The zero-order valence-corrected chi connectivity index (χ0v) is 12.6. The minimum atomic E-state index is -0.360. The molecule has 0 spiro atoms. The Morgan fingerprint density at radius 1 is 1.45 bits per heavy atom. The minimum Gasteiger partial charge on any atom is -0.325 e. The molecule has 3 nitrogen and oxygen atoms in total. The summed E-state index contributed by atoms with van der Waals surface area (Å²) < 4.78 is 13.2. The summed E-state index contributed by atoms with van der Waals surface area (Å²) >= 11 is 1.56. The molecule has 0 aliphatic heterocycles. The van der Waals surface area contributed by atoms with E-state index in [4.69, 9.17) is 0 Å². The van der Waals surface area contributed by atoms with Gasteiger partial charge in [-0.1, -0.05) is 19.9 Å². The van der Waals surface area contributed by atoms with Crippen molar-refractivity contribution in [3.05, 3.63) is 45.7 Å². The van der Waals surface area contributed by atoms with E-state index in [0.717, 1.165) is 16.3 Å². The lowest BCUT2D eigenvalue weighted by molar-refractivity contribution is -0.115. The third kappa shape index (κ3) is 3.63. The summed E-state index contributed by atoms with van der Waals surface area (Å²) in [5.74, 6) is -0.178. The molecule has 0 unspecified atom stereocenters. The van der Waals surface area contributed by atoms with Crippen LogP contribution in [0.1, 0.15) is 36.0 Å². The van der Waals surface area contributed by atoms with Crippen LogP contribution in [0.3, 0.4) is 0 Å². The van der Waals surface area contributed by atoms with E-state index >= 15 is 0 Å². The fraction of sp³-hybridized carbons (Fsp3) is 0.333. The van der Waals surface area contributed by atoms with Crippen LogP contribution in [0.15, 0.2) is 23.6 Å². The number of aryl methyl sites for hydroxylation is 1. The van der Waals surface area contributed by atoms with Crippen molar-refractivity contribution in [1.82, 2.24) is 4.98 Å². The lowest BCUT2D eigenvalue weighted by atomic mass is 10.2. The van der Waals surface area contributed by atoms with Gasteiger partial charge in [0.15, 0.2) is 0 Å². The number of carbonyl (C=O) groups excluding carboxylic acids is 1. The maximum atomic E-state index is 13.2. The van der Waals surface area contributed by atoms with Gasteiger partial charge in [-0.15, -0.1) is 11.3 Å². The van der Waals surface area contributed by atoms with Crippen LogP contribution in [-0.2, 0) is 11.2 Å². The van der Waals surface area contributed by atoms with Crippen LogP contribution in [0.25, 0.3) is 0 Å². The Morgan fingerprint density at radius 3 is 2.85 bits per heavy atom. The van der Waals surface area contributed by atoms with Gasteiger partial charge in [-0.3, -0.25) is 4.79 Å². The van der Waals surface area contributed by atoms with Crippen LogP contribution in [-0.4, -0.2) is 10.9 Å². The number of halogens is 1. The van der Waals surface area contributed by atoms with E-state index < -0.39 is 0 Å². The van der Waals surface area contributed by atoms with Gasteiger partial charge in [0.2, 0.25) is 5.91 Å². The van der Waals surface area contributed by atoms with Crippen molar-refractivity contribution in [3.8, 4) is 0 Å². The minimum absolute atomic E-state index is 0.181. The number of nitrogens with zero attached hydrogens (tertiary/aromatic N) is 1. The number of hydrogen-bond acceptors (Lipinski definition) is 3. The summed E-state index contributed by atoms with van der Waals surface area (Å²) in [6, 6.07) is 4.35. The second kappa shape index (κ2) is 6.13. The number of benzene rings is 1. The average molecular weight is 292 g/mol. The fourth-order valence-electron chi connectivity index (χ4n) is 1.76. The van der Waals surface area contributed by atoms with Crippen LogP contribution in [0.5, 0.6) is 0 Å². The highest BCUT2D eigenvalue weighted by Crippen LogP contribution is 2.20. The molecule has 0 fully saturated rings. The Balaban J connectivity index is 2.03. The van der Waals surface area contributed by atoms with Gasteiger partial charge in [0.25, 0.3) is 0 Å². The van der Waals surface area contributed by atoms with Crippen molar-refractivity contribution in [1.29, 1.82) is 0 Å². The summed E-state index contributed by atoms with van der Waals surface area (Å²) in [5.41, 5.74) is 2.10. The quantitative estimate of drug-likeness (QED) is 0.928. The van der Waals surface area contributed by atoms with Gasteiger partial charge >= 0.3 is 0 Å². The van der Waals surface area contributed by atoms with Crippen molar-refractivity contribution < 1.29 is 9.18 Å². The average Bonchev–Trinajstić information content (AvgIpc) is 2.82. The number of hydrogen-bond donors (Lipinski definition) is 1. The first-order valence-electron chi connectivity index (χ1n) is 6.46. The molecule has 2 aromatic rings. The molecule has 0 bridgehead atoms. The van der Waals surface area contributed by atoms with Crippen molar-refractivity contribution in [3.63, 3.8) is 0 Å². The van der Waals surface area contributed by atoms with Gasteiger partial charge in [0.1, 0.15) is 5.82 Å². The first-order chi connectivity index (χ1) is 9.45. The number of nitrogens with one attached hydrogen (secondary N) is 1. The van der Waals surface area contributed by atoms with Gasteiger partial charge in [-0.05, 0) is 24.6 Å². The standard InChI is InChI=1S/C15H17FN2OS/c1-9(2)15-17-12(8-20-15)7-14(19)18-13-6-11(16)5-4-10(13)3/h4-6,8-9H,7H2,1-3H3,(H,18,19). The van der Waals surface area contributed by atoms with Gasteiger partial charge in [-0.25, -0.2) is 9.37 Å². The molecule has 1 aromatic carbocycles. The van der Waals surface area contributed by atoms with E-state index in [1.807, 2.05) is 12.3 Å². The Bertz CT molecular complexity index is 622. The molecule has 0 saturated heterocycles. The molecular formula is C15H17FN2OS. The molecular weight excluding hydrogens is 275 g/mol. The highest BCUT2D eigenvalue weighted by molar-refractivity contribution is 7.09. The summed E-state index contributed by atoms with van der Waals surface area (Å²) in [6.45, 7) is 5.96. The fourth-order valence-corrected chi connectivity index (χ4v) is 2.59. The second-order valence-corrected chi connectivity index (χ2v) is 5.91. The zero-order chi connectivity index (χ0) is 14.7. The molecule has 0 saturated carbocycles. The number of carbonyl (C=O) groups is 1. The van der Waals surface area contributed by atoms with Gasteiger partial charge < -0.3 is 5.32 Å². The van der Waals surface area contributed by atoms with E-state index in [1.54, 1.807) is 17.4 Å². The lowest BCUT2D eigenvalue weighted by Gasteiger charge is -2.07. The Morgan fingerprint density at radius 2 is 2.20 bits per heavy atom. The van der Waals surface area contributed by atoms with Crippen LogP contribution in [0.4, 0.5) is 10.1 Å². The summed E-state index contributed by atoms with van der Waals surface area (Å²) in [4.78, 5) is 16.4. The van der Waals surface area contributed by atoms with Crippen LogP contribution >= 0.6 is 11.3 Å². The SMILES string of the molecule is Cc1ccc(F)cc1NC(=O)Cc1csc(C(C)C)n1. The van der Waals surface area contributed by atoms with Crippen LogP contribution in [0, 0.1) is 12.7 Å². The molecule has 0 radical (unpaired) electrons. The Labute approximate surface area is 121 Å². The van der Waals surface area contributed by atoms with Crippen molar-refractivity contribution in [2.24, 2.45) is 0 Å². The molecule has 1 aromatic heterocycles. The third-order valence-corrected chi connectivity index (χ3v) is 4.07. The third-order valence-electron chi connectivity index (χ3n) is 2.88. The summed E-state index contributed by atoms with van der Waals surface area (Å²) in [5, 5.41) is 5.64. The van der Waals surface area contributed by atoms with E-state index in [0.29, 0.717) is 11.6 Å². The Kier molecular flexibility index (Phi) is 4.49. The van der Waals surface area contributed by atoms with Crippen molar-refractivity contribution in [2.75, 3.05) is 5.32 Å². The predicted molar refractivity (Wildman–Crippen MR) is 79.7 cm³/mol. The van der Waals surface area contributed by atoms with Gasteiger partial charge in [-0.2, -0.15) is 0 Å². The predicted octanol–water partition coefficient (Wildman–Crippen LogP) is 3.90. The maximum Gasteiger partial charge on any atom is 0.230 e. The van der Waals surface area contributed by atoms with E-state index in [9.17, 15) is 9.18 Å². The molecule has 0 aliphatic rings. The summed E-state index contributed by atoms with van der Waals surface area (Å²) in [7, 11) is 0. The van der Waals surface area contributed by atoms with Gasteiger partial charge in [0, 0.05) is 17.0 Å². The topological polar surface area (TPSA) is 42.0 Å². The lowest BCUT2D eigenvalue weighted by Crippen LogP contribution is -2.15. The van der Waals surface area contributed by atoms with Crippen molar-refractivity contribution >= 4 is 22.9 Å². The molecule has 0 aliphatic carbocycles. The van der Waals surface area contributed by atoms with Crippen LogP contribution in [0.2, 0.25) is 0 Å². The highest BCUT2D eigenvalue weighted by atomic mass is 32.1. The molecule has 0 atom stereocenters. The normalized spacial score (nSPS) is 10.8. The second-order valence-electron chi connectivity index (χ2n) is 5.02. The number of thiazole rings is 1. The first-order valence-corrected chi connectivity index (χ1v) is 7.34. The molecule has 106 valence electrons. The molecule has 5 heteroatoms. The largest absolute Gasteiger partial charge is 0.325 e. The van der Waals surface area contributed by atoms with Crippen molar-refractivity contribution in [2.45, 2.75) is 33.1 Å². The molecule has 20 heavy (non-hydrogen) atoms. The molecule has 1 N–H and O–H groups in total. The molecule has 1 heterocycles. The Hall–Kier alpha value is -1.75. The highest BCUT2D eigenvalue weighted by Gasteiger charge is 2.11. The van der Waals surface area contributed by atoms with Crippen LogP contribution < -0.4 is 5.32 Å². The molecule has 1 amide bonds. The molecule has 2 rings (SSSR count). The zero-order valence-electron chi connectivity index (χ0n) is 11.7. The summed E-state index contributed by atoms with van der Waals surface area (Å²) in [6.07, 6.45) is 0.208. The number of anilines is 1. The number of aromatic nitrogens is 1. The smallest absolute Gasteiger partial charge is 0.230 e. The monoisotopic (exact) mass is 292 g/mol.